The van der Waals surface area contributed by atoms with E-state index in [1.807, 2.05) is 70.2 Å². The van der Waals surface area contributed by atoms with Crippen molar-refractivity contribution in [2.75, 3.05) is 7.11 Å². The first-order valence-electron chi connectivity index (χ1n) is 11.3. The van der Waals surface area contributed by atoms with Crippen molar-refractivity contribution in [1.82, 2.24) is 4.72 Å². The van der Waals surface area contributed by atoms with E-state index in [4.69, 9.17) is 4.74 Å². The van der Waals surface area contributed by atoms with E-state index in [1.54, 1.807) is 43.5 Å². The summed E-state index contributed by atoms with van der Waals surface area (Å²) in [6.07, 6.45) is 0.212. The molecule has 1 unspecified atom stereocenters. The smallest absolute Gasteiger partial charge is 0.241 e. The maximum absolute atomic E-state index is 13.3. The van der Waals surface area contributed by atoms with E-state index in [-0.39, 0.29) is 11.3 Å². The van der Waals surface area contributed by atoms with E-state index in [9.17, 15) is 12.6 Å². The number of methoxy groups -OCH3 is 1. The minimum absolute atomic E-state index is 0.179. The van der Waals surface area contributed by atoms with E-state index < -0.39 is 31.8 Å². The van der Waals surface area contributed by atoms with Gasteiger partial charge in [0.15, 0.2) is 0 Å². The molecule has 0 spiro atoms. The second-order valence-electron chi connectivity index (χ2n) is 9.23. The van der Waals surface area contributed by atoms with E-state index in [1.165, 1.54) is 0 Å². The predicted octanol–water partition coefficient (Wildman–Crippen LogP) is 5.36. The fourth-order valence-electron chi connectivity index (χ4n) is 3.31. The Morgan fingerprint density at radius 1 is 0.971 bits per heavy atom. The highest BCUT2D eigenvalue weighted by Crippen LogP contribution is 2.26. The van der Waals surface area contributed by atoms with Crippen molar-refractivity contribution in [3.8, 4) is 5.75 Å². The van der Waals surface area contributed by atoms with Gasteiger partial charge >= 0.3 is 0 Å². The van der Waals surface area contributed by atoms with E-state index in [2.05, 4.69) is 9.12 Å². The summed E-state index contributed by atoms with van der Waals surface area (Å²) >= 11 is 0. The number of hydrogen-bond donors (Lipinski definition) is 1. The standard InChI is InChI=1S/C27H32N2O4S2/c1-20-11-17-24(18-12-20)35(31,32)29-26(22-13-15-23(33-5)16-14-22)19-25(21-9-7-6-8-10-21)28-34(30)27(2,3)4/h6-18,26,29H,19H2,1-5H3/b28-25-/t26-,34?/m0/s1. The number of nitrogens with zero attached hydrogens (tertiary/aromatic N) is 1. The molecule has 3 aromatic rings. The average molecular weight is 513 g/mol. The van der Waals surface area contributed by atoms with Gasteiger partial charge in [-0.1, -0.05) is 60.2 Å². The zero-order valence-corrected chi connectivity index (χ0v) is 22.3. The molecular formula is C27H32N2O4S2. The summed E-state index contributed by atoms with van der Waals surface area (Å²) in [6.45, 7) is 7.48. The van der Waals surface area contributed by atoms with Crippen LogP contribution in [0, 0.1) is 6.92 Å². The zero-order valence-electron chi connectivity index (χ0n) is 20.7. The summed E-state index contributed by atoms with van der Waals surface area (Å²) in [5.74, 6) is 0.666. The molecule has 35 heavy (non-hydrogen) atoms. The Labute approximate surface area is 211 Å². The van der Waals surface area contributed by atoms with Gasteiger partial charge in [-0.05, 0) is 63.1 Å². The molecule has 0 aromatic heterocycles. The van der Waals surface area contributed by atoms with Crippen LogP contribution in [0.4, 0.5) is 0 Å². The largest absolute Gasteiger partial charge is 0.497 e. The molecule has 0 fully saturated rings. The quantitative estimate of drug-likeness (QED) is 0.391. The maximum Gasteiger partial charge on any atom is 0.241 e. The fourth-order valence-corrected chi connectivity index (χ4v) is 5.18. The van der Waals surface area contributed by atoms with Gasteiger partial charge in [0.25, 0.3) is 0 Å². The third-order valence-electron chi connectivity index (χ3n) is 5.37. The van der Waals surface area contributed by atoms with Gasteiger partial charge in [-0.2, -0.15) is 4.40 Å². The average Bonchev–Trinajstić information content (AvgIpc) is 2.83. The lowest BCUT2D eigenvalue weighted by atomic mass is 9.98. The molecule has 186 valence electrons. The molecule has 0 aliphatic carbocycles. The van der Waals surface area contributed by atoms with Crippen molar-refractivity contribution in [3.05, 3.63) is 95.6 Å². The summed E-state index contributed by atoms with van der Waals surface area (Å²) in [5, 5.41) is 0. The number of rotatable bonds is 9. The first-order valence-corrected chi connectivity index (χ1v) is 13.9. The Balaban J connectivity index is 2.06. The molecule has 0 radical (unpaired) electrons. The van der Waals surface area contributed by atoms with Crippen molar-refractivity contribution < 1.29 is 17.4 Å². The third kappa shape index (κ3) is 7.34. The molecule has 0 saturated carbocycles. The number of hydrogen-bond acceptors (Lipinski definition) is 4. The number of sulfonamides is 1. The molecule has 8 heteroatoms. The van der Waals surface area contributed by atoms with Gasteiger partial charge < -0.3 is 4.74 Å². The minimum atomic E-state index is -3.84. The van der Waals surface area contributed by atoms with E-state index >= 15 is 0 Å². The van der Waals surface area contributed by atoms with Crippen LogP contribution in [0.25, 0.3) is 0 Å². The van der Waals surface area contributed by atoms with Gasteiger partial charge in [-0.25, -0.2) is 17.3 Å². The van der Waals surface area contributed by atoms with Crippen LogP contribution in [0.15, 0.2) is 88.2 Å². The van der Waals surface area contributed by atoms with Gasteiger partial charge in [0.1, 0.15) is 16.7 Å². The fraction of sp³-hybridized carbons (Fsp3) is 0.296. The molecule has 6 nitrogen and oxygen atoms in total. The highest BCUT2D eigenvalue weighted by molar-refractivity contribution is 7.89. The number of nitrogens with one attached hydrogen (secondary N) is 1. The molecule has 1 N–H and O–H groups in total. The molecule has 0 amide bonds. The summed E-state index contributed by atoms with van der Waals surface area (Å²) in [6, 6.07) is 22.7. The second kappa shape index (κ2) is 11.3. The molecule has 0 bridgehead atoms. The lowest BCUT2D eigenvalue weighted by Crippen LogP contribution is -2.31. The van der Waals surface area contributed by atoms with Crippen molar-refractivity contribution >= 4 is 26.7 Å². The summed E-state index contributed by atoms with van der Waals surface area (Å²) in [7, 11) is -3.78. The highest BCUT2D eigenvalue weighted by Gasteiger charge is 2.26. The monoisotopic (exact) mass is 512 g/mol. The number of ether oxygens (including phenoxy) is 1. The van der Waals surface area contributed by atoms with E-state index in [0.717, 1.165) is 16.7 Å². The van der Waals surface area contributed by atoms with Crippen LogP contribution in [-0.4, -0.2) is 30.2 Å². The van der Waals surface area contributed by atoms with Gasteiger partial charge in [0.05, 0.1) is 28.5 Å². The van der Waals surface area contributed by atoms with Gasteiger partial charge in [0, 0.05) is 6.42 Å². The number of aryl methyl sites for hydroxylation is 1. The third-order valence-corrected chi connectivity index (χ3v) is 8.29. The Morgan fingerprint density at radius 2 is 1.57 bits per heavy atom. The SMILES string of the molecule is COc1ccc([C@H](C/C(=N/S(=O)C(C)(C)C)c2ccccc2)NS(=O)(=O)c2ccc(C)cc2)cc1. The van der Waals surface area contributed by atoms with Crippen LogP contribution in [0.1, 0.15) is 49.9 Å². The van der Waals surface area contributed by atoms with Crippen LogP contribution in [0.2, 0.25) is 0 Å². The maximum atomic E-state index is 13.3. The van der Waals surface area contributed by atoms with Crippen molar-refractivity contribution in [2.24, 2.45) is 4.40 Å². The lowest BCUT2D eigenvalue weighted by molar-refractivity contribution is 0.414. The lowest BCUT2D eigenvalue weighted by Gasteiger charge is -2.22. The Bertz CT molecular complexity index is 1280. The Kier molecular flexibility index (Phi) is 8.64. The Morgan fingerprint density at radius 3 is 2.11 bits per heavy atom. The molecule has 0 aliphatic heterocycles. The second-order valence-corrected chi connectivity index (χ2v) is 12.8. The van der Waals surface area contributed by atoms with Crippen LogP contribution < -0.4 is 9.46 Å². The first-order chi connectivity index (χ1) is 16.5. The van der Waals surface area contributed by atoms with E-state index in [0.29, 0.717) is 11.5 Å². The molecule has 2 atom stereocenters. The molecule has 0 saturated heterocycles. The molecule has 3 aromatic carbocycles. The van der Waals surface area contributed by atoms with Crippen molar-refractivity contribution in [2.45, 2.75) is 49.8 Å². The molecule has 3 rings (SSSR count). The number of benzene rings is 3. The highest BCUT2D eigenvalue weighted by atomic mass is 32.2. The van der Waals surface area contributed by atoms with Crippen LogP contribution in [-0.2, 0) is 21.0 Å². The van der Waals surface area contributed by atoms with Crippen LogP contribution in [0.3, 0.4) is 0 Å². The van der Waals surface area contributed by atoms with Gasteiger partial charge in [-0.3, -0.25) is 0 Å². The molecular weight excluding hydrogens is 480 g/mol. The normalized spacial score (nSPS) is 14.4. The van der Waals surface area contributed by atoms with Gasteiger partial charge in [-0.15, -0.1) is 0 Å². The minimum Gasteiger partial charge on any atom is -0.497 e. The summed E-state index contributed by atoms with van der Waals surface area (Å²) in [4.78, 5) is 0.179. The predicted molar refractivity (Wildman–Crippen MR) is 143 cm³/mol. The molecule has 0 aliphatic rings. The van der Waals surface area contributed by atoms with Crippen LogP contribution >= 0.6 is 0 Å². The zero-order chi connectivity index (χ0) is 25.6. The van der Waals surface area contributed by atoms with Crippen molar-refractivity contribution in [3.63, 3.8) is 0 Å². The Hall–Kier alpha value is -2.81. The molecule has 0 heterocycles. The van der Waals surface area contributed by atoms with Gasteiger partial charge in [0.2, 0.25) is 10.0 Å². The first kappa shape index (κ1) is 26.8. The summed E-state index contributed by atoms with van der Waals surface area (Å²) < 4.78 is 51.7. The van der Waals surface area contributed by atoms with Crippen molar-refractivity contribution in [1.29, 1.82) is 0 Å². The summed E-state index contributed by atoms with van der Waals surface area (Å²) in [5.41, 5.74) is 3.06. The van der Waals surface area contributed by atoms with Crippen LogP contribution in [0.5, 0.6) is 5.75 Å². The topological polar surface area (TPSA) is 84.8 Å².